The molecule has 1 amide bonds. The number of carbonyl (C=O) groups excluding carboxylic acids is 3. The summed E-state index contributed by atoms with van der Waals surface area (Å²) in [5, 5.41) is 25.5. The van der Waals surface area contributed by atoms with Crippen molar-refractivity contribution >= 4 is 17.8 Å². The van der Waals surface area contributed by atoms with Gasteiger partial charge >= 0.3 is 0 Å². The number of hydrogen-bond acceptors (Lipinski definition) is 7. The lowest BCUT2D eigenvalue weighted by Gasteiger charge is -2.18. The molecule has 0 aliphatic rings. The van der Waals surface area contributed by atoms with Gasteiger partial charge in [0.15, 0.2) is 0 Å². The molecule has 0 rings (SSSR count). The summed E-state index contributed by atoms with van der Waals surface area (Å²) in [6.45, 7) is 7.61. The van der Waals surface area contributed by atoms with Gasteiger partial charge in [-0.2, -0.15) is 0 Å². The van der Waals surface area contributed by atoms with Gasteiger partial charge in [-0.25, -0.2) is 0 Å². The molecule has 0 saturated heterocycles. The molecule has 0 aromatic heterocycles. The van der Waals surface area contributed by atoms with Crippen LogP contribution in [-0.4, -0.2) is 43.0 Å². The lowest BCUT2D eigenvalue weighted by molar-refractivity contribution is -0.308. The van der Waals surface area contributed by atoms with Crippen LogP contribution in [0.2, 0.25) is 0 Å². The third kappa shape index (κ3) is 12.8. The first kappa shape index (κ1) is 20.6. The highest BCUT2D eigenvalue weighted by molar-refractivity contribution is 5.86. The molecular formula is C12H23N3O5-2. The molecule has 20 heavy (non-hydrogen) atoms. The van der Waals surface area contributed by atoms with Gasteiger partial charge < -0.3 is 36.2 Å². The lowest BCUT2D eigenvalue weighted by Crippen LogP contribution is -2.51. The Hall–Kier alpha value is -1.67. The second-order valence-electron chi connectivity index (χ2n) is 4.02. The van der Waals surface area contributed by atoms with Crippen molar-refractivity contribution in [2.45, 2.75) is 45.7 Å². The van der Waals surface area contributed by atoms with E-state index < -0.39 is 29.9 Å². The molecular weight excluding hydrogens is 266 g/mol. The molecule has 0 aromatic rings. The third-order valence-electron chi connectivity index (χ3n) is 2.21. The second kappa shape index (κ2) is 12.4. The Morgan fingerprint density at radius 2 is 1.65 bits per heavy atom. The van der Waals surface area contributed by atoms with Gasteiger partial charge in [-0.15, -0.1) is 0 Å². The molecule has 0 aliphatic carbocycles. The first-order chi connectivity index (χ1) is 9.26. The van der Waals surface area contributed by atoms with Gasteiger partial charge in [0.25, 0.3) is 0 Å². The molecule has 0 spiro atoms. The minimum absolute atomic E-state index is 0.103. The summed E-state index contributed by atoms with van der Waals surface area (Å²) in [5.74, 6) is -3.48. The SMILES string of the molecule is CCNCC.C[C@H](NC(=O)[C@@H](N)CCC(=O)[O-])C(=O)[O-]. The minimum atomic E-state index is -1.43. The van der Waals surface area contributed by atoms with Crippen molar-refractivity contribution < 1.29 is 24.6 Å². The average Bonchev–Trinajstić information content (AvgIpc) is 2.37. The topological polar surface area (TPSA) is 147 Å². The highest BCUT2D eigenvalue weighted by Crippen LogP contribution is 1.94. The molecule has 2 atom stereocenters. The van der Waals surface area contributed by atoms with Crippen molar-refractivity contribution in [2.24, 2.45) is 5.73 Å². The highest BCUT2D eigenvalue weighted by atomic mass is 16.4. The van der Waals surface area contributed by atoms with Crippen LogP contribution in [0.1, 0.15) is 33.6 Å². The molecule has 0 aliphatic heterocycles. The van der Waals surface area contributed by atoms with E-state index in [9.17, 15) is 24.6 Å². The van der Waals surface area contributed by atoms with E-state index in [4.69, 9.17) is 5.73 Å². The number of aliphatic carboxylic acids is 2. The van der Waals surface area contributed by atoms with Crippen molar-refractivity contribution in [1.82, 2.24) is 10.6 Å². The summed E-state index contributed by atoms with van der Waals surface area (Å²) in [6, 6.07) is -2.23. The smallest absolute Gasteiger partial charge is 0.237 e. The molecule has 4 N–H and O–H groups in total. The summed E-state index contributed by atoms with van der Waals surface area (Å²) in [7, 11) is 0. The van der Waals surface area contributed by atoms with Crippen molar-refractivity contribution in [3.63, 3.8) is 0 Å². The number of hydrogen-bond donors (Lipinski definition) is 3. The Morgan fingerprint density at radius 1 is 1.15 bits per heavy atom. The van der Waals surface area contributed by atoms with Gasteiger partial charge in [-0.1, -0.05) is 13.8 Å². The summed E-state index contributed by atoms with van der Waals surface area (Å²) in [6.07, 6.45) is -0.456. The zero-order valence-electron chi connectivity index (χ0n) is 12.1. The summed E-state index contributed by atoms with van der Waals surface area (Å²) >= 11 is 0. The van der Waals surface area contributed by atoms with Crippen molar-refractivity contribution in [3.8, 4) is 0 Å². The first-order valence-corrected chi connectivity index (χ1v) is 6.43. The molecule has 0 aromatic carbocycles. The van der Waals surface area contributed by atoms with Crippen LogP contribution >= 0.6 is 0 Å². The molecule has 0 bridgehead atoms. The first-order valence-electron chi connectivity index (χ1n) is 6.43. The van der Waals surface area contributed by atoms with Crippen LogP contribution < -0.4 is 26.6 Å². The third-order valence-corrected chi connectivity index (χ3v) is 2.21. The normalized spacial score (nSPS) is 12.6. The Labute approximate surface area is 118 Å². The molecule has 0 saturated carbocycles. The van der Waals surface area contributed by atoms with Gasteiger partial charge in [-0.05, 0) is 32.9 Å². The average molecular weight is 289 g/mol. The number of rotatable bonds is 8. The maximum absolute atomic E-state index is 11.1. The number of carbonyl (C=O) groups is 3. The van der Waals surface area contributed by atoms with Crippen LogP contribution in [-0.2, 0) is 14.4 Å². The van der Waals surface area contributed by atoms with Crippen LogP contribution in [0.25, 0.3) is 0 Å². The van der Waals surface area contributed by atoms with Crippen LogP contribution in [0.3, 0.4) is 0 Å². The highest BCUT2D eigenvalue weighted by Gasteiger charge is 2.15. The second-order valence-corrected chi connectivity index (χ2v) is 4.02. The lowest BCUT2D eigenvalue weighted by atomic mass is 10.1. The predicted molar refractivity (Wildman–Crippen MR) is 69.0 cm³/mol. The van der Waals surface area contributed by atoms with E-state index in [1.807, 2.05) is 0 Å². The van der Waals surface area contributed by atoms with Gasteiger partial charge in [0, 0.05) is 5.97 Å². The fraction of sp³-hybridized carbons (Fsp3) is 0.750. The Balaban J connectivity index is 0. The molecule has 0 unspecified atom stereocenters. The molecule has 8 heteroatoms. The minimum Gasteiger partial charge on any atom is -0.550 e. The zero-order valence-corrected chi connectivity index (χ0v) is 12.1. The molecule has 0 radical (unpaired) electrons. The van der Waals surface area contributed by atoms with E-state index in [2.05, 4.69) is 24.5 Å². The predicted octanol–water partition coefficient (Wildman–Crippen LogP) is -3.29. The molecule has 118 valence electrons. The molecule has 0 heterocycles. The fourth-order valence-electron chi connectivity index (χ4n) is 1.03. The van der Waals surface area contributed by atoms with Crippen molar-refractivity contribution in [2.75, 3.05) is 13.1 Å². The summed E-state index contributed by atoms with van der Waals surface area (Å²) in [4.78, 5) is 31.4. The van der Waals surface area contributed by atoms with E-state index in [1.165, 1.54) is 6.92 Å². The van der Waals surface area contributed by atoms with Crippen LogP contribution in [0.4, 0.5) is 0 Å². The van der Waals surface area contributed by atoms with Crippen LogP contribution in [0, 0.1) is 0 Å². The van der Waals surface area contributed by atoms with E-state index in [-0.39, 0.29) is 12.8 Å². The zero-order chi connectivity index (χ0) is 16.1. The quantitative estimate of drug-likeness (QED) is 0.424. The number of amides is 1. The van der Waals surface area contributed by atoms with Crippen LogP contribution in [0.5, 0.6) is 0 Å². The fourth-order valence-corrected chi connectivity index (χ4v) is 1.03. The van der Waals surface area contributed by atoms with Crippen LogP contribution in [0.15, 0.2) is 0 Å². The van der Waals surface area contributed by atoms with Crippen molar-refractivity contribution in [1.29, 1.82) is 0 Å². The van der Waals surface area contributed by atoms with Gasteiger partial charge in [0.2, 0.25) is 5.91 Å². The number of carboxylic acids is 2. The maximum atomic E-state index is 11.1. The van der Waals surface area contributed by atoms with E-state index in [0.717, 1.165) is 13.1 Å². The number of nitrogens with two attached hydrogens (primary N) is 1. The number of carboxylic acid groups (broad SMARTS) is 2. The van der Waals surface area contributed by atoms with Gasteiger partial charge in [0.1, 0.15) is 0 Å². The monoisotopic (exact) mass is 289 g/mol. The Kier molecular flexibility index (Phi) is 12.8. The standard InChI is InChI=1S/C8H14N2O5.C4H11N/c1-4(8(14)15)10-7(13)5(9)2-3-6(11)12;1-3-5-4-2/h4-5H,2-3,9H2,1H3,(H,10,13)(H,11,12)(H,14,15);5H,3-4H2,1-2H3/p-2/t4-,5-;/m0./s1. The van der Waals surface area contributed by atoms with Crippen molar-refractivity contribution in [3.05, 3.63) is 0 Å². The summed E-state index contributed by atoms with van der Waals surface area (Å²) in [5.41, 5.74) is 5.30. The maximum Gasteiger partial charge on any atom is 0.237 e. The Bertz CT molecular complexity index is 307. The molecule has 0 fully saturated rings. The largest absolute Gasteiger partial charge is 0.550 e. The van der Waals surface area contributed by atoms with Gasteiger partial charge in [-0.3, -0.25) is 4.79 Å². The van der Waals surface area contributed by atoms with E-state index in [1.54, 1.807) is 0 Å². The van der Waals surface area contributed by atoms with E-state index >= 15 is 0 Å². The molecule has 8 nitrogen and oxygen atoms in total. The van der Waals surface area contributed by atoms with Gasteiger partial charge in [0.05, 0.1) is 18.1 Å². The summed E-state index contributed by atoms with van der Waals surface area (Å²) < 4.78 is 0. The number of nitrogens with one attached hydrogen (secondary N) is 2. The Morgan fingerprint density at radius 3 is 1.95 bits per heavy atom. The van der Waals surface area contributed by atoms with E-state index in [0.29, 0.717) is 0 Å².